The molecular formula is C20H41NO2. The molecule has 0 aromatic rings. The molecular weight excluding hydrogens is 286 g/mol. The Balaban J connectivity index is 0.00000112. The zero-order chi connectivity index (χ0) is 18.1. The van der Waals surface area contributed by atoms with E-state index in [2.05, 4.69) is 33.0 Å². The summed E-state index contributed by atoms with van der Waals surface area (Å²) in [5, 5.41) is 3.27. The molecule has 2 aliphatic rings. The van der Waals surface area contributed by atoms with Crippen LogP contribution in [-0.2, 0) is 9.53 Å². The van der Waals surface area contributed by atoms with Gasteiger partial charge in [0, 0.05) is 18.6 Å². The molecule has 3 heteroatoms. The zero-order valence-corrected chi connectivity index (χ0v) is 16.9. The van der Waals surface area contributed by atoms with E-state index in [9.17, 15) is 4.79 Å². The van der Waals surface area contributed by atoms with E-state index in [1.807, 2.05) is 27.7 Å². The lowest BCUT2D eigenvalue weighted by Gasteiger charge is -2.37. The van der Waals surface area contributed by atoms with Crippen LogP contribution in [0.1, 0.15) is 93.9 Å². The maximum atomic E-state index is 12.3. The van der Waals surface area contributed by atoms with Gasteiger partial charge < -0.3 is 10.1 Å². The van der Waals surface area contributed by atoms with Gasteiger partial charge in [-0.2, -0.15) is 0 Å². The van der Waals surface area contributed by atoms with Crippen molar-refractivity contribution in [2.45, 2.75) is 106 Å². The van der Waals surface area contributed by atoms with Gasteiger partial charge in [0.05, 0.1) is 5.60 Å². The number of carbonyl (C=O) groups excluding carboxylic acids is 1. The van der Waals surface area contributed by atoms with Crippen LogP contribution in [0.15, 0.2) is 0 Å². The summed E-state index contributed by atoms with van der Waals surface area (Å²) < 4.78 is 5.68. The van der Waals surface area contributed by atoms with Crippen molar-refractivity contribution in [3.63, 3.8) is 0 Å². The molecule has 3 nitrogen and oxygen atoms in total. The minimum absolute atomic E-state index is 0.138. The van der Waals surface area contributed by atoms with Crippen LogP contribution in [0, 0.1) is 11.3 Å². The van der Waals surface area contributed by atoms with E-state index < -0.39 is 0 Å². The first kappa shape index (κ1) is 22.4. The molecule has 1 saturated heterocycles. The number of carbonyl (C=O) groups is 1. The second-order valence-electron chi connectivity index (χ2n) is 7.74. The van der Waals surface area contributed by atoms with Crippen LogP contribution in [0.4, 0.5) is 0 Å². The summed E-state index contributed by atoms with van der Waals surface area (Å²) in [7, 11) is 0. The third-order valence-corrected chi connectivity index (χ3v) is 4.75. The Morgan fingerprint density at radius 2 is 1.48 bits per heavy atom. The van der Waals surface area contributed by atoms with Gasteiger partial charge in [0.1, 0.15) is 0 Å². The van der Waals surface area contributed by atoms with Crippen LogP contribution in [0.2, 0.25) is 0 Å². The molecule has 1 unspecified atom stereocenters. The van der Waals surface area contributed by atoms with E-state index in [0.717, 1.165) is 25.7 Å². The number of ether oxygens (including phenoxy) is 1. The lowest BCUT2D eigenvalue weighted by atomic mass is 9.75. The van der Waals surface area contributed by atoms with Crippen molar-refractivity contribution >= 4 is 5.91 Å². The van der Waals surface area contributed by atoms with Crippen LogP contribution < -0.4 is 5.32 Å². The van der Waals surface area contributed by atoms with Crippen molar-refractivity contribution < 1.29 is 9.53 Å². The Kier molecular flexibility index (Phi) is 10.1. The molecule has 1 N–H and O–H groups in total. The number of hydrogen-bond acceptors (Lipinski definition) is 2. The van der Waals surface area contributed by atoms with Crippen molar-refractivity contribution in [1.82, 2.24) is 5.32 Å². The second-order valence-corrected chi connectivity index (χ2v) is 7.74. The molecule has 2 rings (SSSR count). The van der Waals surface area contributed by atoms with Gasteiger partial charge in [-0.1, -0.05) is 41.5 Å². The predicted molar refractivity (Wildman–Crippen MR) is 99.6 cm³/mol. The number of rotatable bonds is 2. The number of hydrogen-bond donors (Lipinski definition) is 1. The maximum absolute atomic E-state index is 12.3. The van der Waals surface area contributed by atoms with Crippen LogP contribution >= 0.6 is 0 Å². The highest BCUT2D eigenvalue weighted by Gasteiger charge is 2.34. The van der Waals surface area contributed by atoms with Crippen molar-refractivity contribution in [2.24, 2.45) is 11.3 Å². The normalized spacial score (nSPS) is 26.0. The van der Waals surface area contributed by atoms with Gasteiger partial charge in [-0.15, -0.1) is 0 Å². The summed E-state index contributed by atoms with van der Waals surface area (Å²) in [5.74, 6) is 0.389. The van der Waals surface area contributed by atoms with Crippen molar-refractivity contribution in [3.8, 4) is 0 Å². The standard InChI is InChI=1S/C16H29NO2.2C2H6/c1-15(2)8-5-13(6-9-15)17-14(18)12-7-10-19-16(3,4)11-12;2*1-2/h12-13H,5-11H2,1-4H3,(H,17,18);2*1-2H3. The molecule has 138 valence electrons. The third-order valence-electron chi connectivity index (χ3n) is 4.75. The largest absolute Gasteiger partial charge is 0.376 e. The Morgan fingerprint density at radius 1 is 0.957 bits per heavy atom. The topological polar surface area (TPSA) is 38.3 Å². The Labute approximate surface area is 144 Å². The van der Waals surface area contributed by atoms with Crippen molar-refractivity contribution in [1.29, 1.82) is 0 Å². The Hall–Kier alpha value is -0.570. The Bertz CT molecular complexity index is 327. The maximum Gasteiger partial charge on any atom is 0.223 e. The monoisotopic (exact) mass is 327 g/mol. The van der Waals surface area contributed by atoms with E-state index in [-0.39, 0.29) is 17.4 Å². The molecule has 0 radical (unpaired) electrons. The molecule has 0 spiro atoms. The number of amides is 1. The predicted octanol–water partition coefficient (Wildman–Crippen LogP) is 5.33. The van der Waals surface area contributed by atoms with Gasteiger partial charge in [0.2, 0.25) is 5.91 Å². The summed E-state index contributed by atoms with van der Waals surface area (Å²) in [4.78, 5) is 12.3. The molecule has 1 heterocycles. The Morgan fingerprint density at radius 3 is 1.96 bits per heavy atom. The summed E-state index contributed by atoms with van der Waals surface area (Å²) in [6, 6.07) is 0.395. The van der Waals surface area contributed by atoms with E-state index in [1.54, 1.807) is 0 Å². The van der Waals surface area contributed by atoms with Crippen molar-refractivity contribution in [3.05, 3.63) is 0 Å². The molecule has 23 heavy (non-hydrogen) atoms. The van der Waals surface area contributed by atoms with Crippen LogP contribution in [-0.4, -0.2) is 24.2 Å². The first-order valence-corrected chi connectivity index (χ1v) is 9.72. The minimum atomic E-state index is -0.144. The molecule has 1 saturated carbocycles. The zero-order valence-electron chi connectivity index (χ0n) is 16.9. The van der Waals surface area contributed by atoms with E-state index in [0.29, 0.717) is 18.1 Å². The van der Waals surface area contributed by atoms with Gasteiger partial charge in [-0.05, 0) is 57.8 Å². The fourth-order valence-electron chi connectivity index (χ4n) is 3.32. The highest BCUT2D eigenvalue weighted by Crippen LogP contribution is 2.35. The summed E-state index contributed by atoms with van der Waals surface area (Å²) in [6.45, 7) is 17.5. The van der Waals surface area contributed by atoms with Gasteiger partial charge in [0.25, 0.3) is 0 Å². The molecule has 1 amide bonds. The van der Waals surface area contributed by atoms with Gasteiger partial charge in [-0.25, -0.2) is 0 Å². The molecule has 2 fully saturated rings. The summed E-state index contributed by atoms with van der Waals surface area (Å²) in [6.07, 6.45) is 6.41. The summed E-state index contributed by atoms with van der Waals surface area (Å²) >= 11 is 0. The van der Waals surface area contributed by atoms with E-state index in [1.165, 1.54) is 12.8 Å². The average Bonchev–Trinajstić information content (AvgIpc) is 2.52. The third kappa shape index (κ3) is 8.19. The van der Waals surface area contributed by atoms with Gasteiger partial charge in [0.15, 0.2) is 0 Å². The summed E-state index contributed by atoms with van der Waals surface area (Å²) in [5.41, 5.74) is 0.316. The van der Waals surface area contributed by atoms with Gasteiger partial charge in [-0.3, -0.25) is 4.79 Å². The second kappa shape index (κ2) is 10.3. The highest BCUT2D eigenvalue weighted by atomic mass is 16.5. The SMILES string of the molecule is CC.CC.CC1(C)CCC(NC(=O)C2CCOC(C)(C)C2)CC1. The van der Waals surface area contributed by atoms with Crippen LogP contribution in [0.25, 0.3) is 0 Å². The molecule has 0 aromatic carbocycles. The number of nitrogens with one attached hydrogen (secondary N) is 1. The molecule has 0 aromatic heterocycles. The fraction of sp³-hybridized carbons (Fsp3) is 0.950. The fourth-order valence-corrected chi connectivity index (χ4v) is 3.32. The first-order chi connectivity index (χ1) is 10.8. The lowest BCUT2D eigenvalue weighted by Crippen LogP contribution is -2.46. The van der Waals surface area contributed by atoms with Crippen LogP contribution in [0.5, 0.6) is 0 Å². The molecule has 1 aliphatic heterocycles. The smallest absolute Gasteiger partial charge is 0.223 e. The van der Waals surface area contributed by atoms with Gasteiger partial charge >= 0.3 is 0 Å². The molecule has 0 bridgehead atoms. The molecule has 1 atom stereocenters. The van der Waals surface area contributed by atoms with Crippen LogP contribution in [0.3, 0.4) is 0 Å². The quantitative estimate of drug-likeness (QED) is 0.744. The van der Waals surface area contributed by atoms with Crippen molar-refractivity contribution in [2.75, 3.05) is 6.61 Å². The lowest BCUT2D eigenvalue weighted by molar-refractivity contribution is -0.136. The average molecular weight is 328 g/mol. The van der Waals surface area contributed by atoms with E-state index in [4.69, 9.17) is 4.74 Å². The minimum Gasteiger partial charge on any atom is -0.376 e. The van der Waals surface area contributed by atoms with E-state index >= 15 is 0 Å². The highest BCUT2D eigenvalue weighted by molar-refractivity contribution is 5.79. The molecule has 1 aliphatic carbocycles. The first-order valence-electron chi connectivity index (χ1n) is 9.72.